The second kappa shape index (κ2) is 6.02. The molecule has 0 saturated carbocycles. The van der Waals surface area contributed by atoms with Crippen molar-refractivity contribution < 1.29 is 0 Å². The number of likely N-dealkylation sites (N-methyl/N-ethyl adjacent to an activating group) is 1. The van der Waals surface area contributed by atoms with Crippen LogP contribution in [0.1, 0.15) is 22.9 Å². The lowest BCUT2D eigenvalue weighted by atomic mass is 9.99. The van der Waals surface area contributed by atoms with Gasteiger partial charge in [-0.25, -0.2) is 0 Å². The molecule has 0 aliphatic carbocycles. The Morgan fingerprint density at radius 3 is 2.67 bits per heavy atom. The molecule has 0 saturated heterocycles. The van der Waals surface area contributed by atoms with E-state index in [2.05, 4.69) is 52.5 Å². The van der Waals surface area contributed by atoms with Crippen molar-refractivity contribution in [1.82, 2.24) is 15.3 Å². The Hall–Kier alpha value is -2.26. The van der Waals surface area contributed by atoms with Gasteiger partial charge >= 0.3 is 0 Å². The number of nitrogens with zero attached hydrogens (tertiary/aromatic N) is 2. The molecule has 1 N–H and O–H groups in total. The maximum atomic E-state index is 4.51. The van der Waals surface area contributed by atoms with E-state index in [4.69, 9.17) is 0 Å². The Labute approximate surface area is 125 Å². The van der Waals surface area contributed by atoms with Crippen molar-refractivity contribution in [2.75, 3.05) is 7.05 Å². The first-order valence-corrected chi connectivity index (χ1v) is 7.20. The number of nitrogens with one attached hydrogen (secondary N) is 1. The summed E-state index contributed by atoms with van der Waals surface area (Å²) >= 11 is 0. The lowest BCUT2D eigenvalue weighted by Gasteiger charge is -2.17. The predicted molar refractivity (Wildman–Crippen MR) is 86.2 cm³/mol. The number of pyridine rings is 2. The standard InChI is InChI=1S/C18H19N3/c1-13-7-9-21-18(11-13)17(19-2)12-14-8-10-20-16-6-4-3-5-15(14)16/h3-11,17,19H,12H2,1-2H3. The van der Waals surface area contributed by atoms with Gasteiger partial charge in [0, 0.05) is 17.8 Å². The van der Waals surface area contributed by atoms with Gasteiger partial charge < -0.3 is 5.32 Å². The molecule has 106 valence electrons. The van der Waals surface area contributed by atoms with Crippen molar-refractivity contribution in [2.24, 2.45) is 0 Å². The molecule has 1 aromatic carbocycles. The van der Waals surface area contributed by atoms with Crippen molar-refractivity contribution >= 4 is 10.9 Å². The van der Waals surface area contributed by atoms with Gasteiger partial charge in [0.05, 0.1) is 17.3 Å². The van der Waals surface area contributed by atoms with Crippen LogP contribution >= 0.6 is 0 Å². The minimum absolute atomic E-state index is 0.204. The maximum absolute atomic E-state index is 4.51. The van der Waals surface area contributed by atoms with E-state index in [-0.39, 0.29) is 6.04 Å². The van der Waals surface area contributed by atoms with Crippen LogP contribution in [0.25, 0.3) is 10.9 Å². The Balaban J connectivity index is 1.96. The van der Waals surface area contributed by atoms with Crippen molar-refractivity contribution in [2.45, 2.75) is 19.4 Å². The van der Waals surface area contributed by atoms with Gasteiger partial charge in [0.2, 0.25) is 0 Å². The van der Waals surface area contributed by atoms with E-state index < -0.39 is 0 Å². The Kier molecular flexibility index (Phi) is 3.93. The third-order valence-electron chi connectivity index (χ3n) is 3.81. The number of aryl methyl sites for hydroxylation is 1. The molecule has 2 heterocycles. The molecule has 3 aromatic rings. The molecule has 0 fully saturated rings. The molecule has 0 aliphatic heterocycles. The third kappa shape index (κ3) is 2.93. The zero-order valence-corrected chi connectivity index (χ0v) is 12.4. The van der Waals surface area contributed by atoms with Gasteiger partial charge in [-0.05, 0) is 55.8 Å². The average Bonchev–Trinajstić information content (AvgIpc) is 2.52. The highest BCUT2D eigenvalue weighted by Gasteiger charge is 2.13. The Bertz CT molecular complexity index is 747. The van der Waals surface area contributed by atoms with Crippen LogP contribution in [0, 0.1) is 6.92 Å². The second-order valence-electron chi connectivity index (χ2n) is 5.29. The highest BCUT2D eigenvalue weighted by Crippen LogP contribution is 2.22. The smallest absolute Gasteiger partial charge is 0.0704 e. The van der Waals surface area contributed by atoms with Crippen LogP contribution in [-0.2, 0) is 6.42 Å². The summed E-state index contributed by atoms with van der Waals surface area (Å²) in [6.45, 7) is 2.10. The van der Waals surface area contributed by atoms with E-state index >= 15 is 0 Å². The average molecular weight is 277 g/mol. The lowest BCUT2D eigenvalue weighted by molar-refractivity contribution is 0.577. The van der Waals surface area contributed by atoms with Gasteiger partial charge in [0.15, 0.2) is 0 Å². The summed E-state index contributed by atoms with van der Waals surface area (Å²) in [5.41, 5.74) is 4.66. The fraction of sp³-hybridized carbons (Fsp3) is 0.222. The first kappa shape index (κ1) is 13.7. The van der Waals surface area contributed by atoms with Crippen LogP contribution in [0.4, 0.5) is 0 Å². The van der Waals surface area contributed by atoms with Crippen molar-refractivity contribution in [3.05, 3.63) is 71.7 Å². The number of hydrogen-bond acceptors (Lipinski definition) is 3. The molecule has 3 nitrogen and oxygen atoms in total. The van der Waals surface area contributed by atoms with Gasteiger partial charge in [-0.1, -0.05) is 18.2 Å². The van der Waals surface area contributed by atoms with Crippen LogP contribution in [0.3, 0.4) is 0 Å². The number of fused-ring (bicyclic) bond motifs is 1. The molecule has 0 amide bonds. The molecular weight excluding hydrogens is 258 g/mol. The van der Waals surface area contributed by atoms with Crippen molar-refractivity contribution in [1.29, 1.82) is 0 Å². The minimum atomic E-state index is 0.204. The van der Waals surface area contributed by atoms with Crippen LogP contribution in [-0.4, -0.2) is 17.0 Å². The maximum Gasteiger partial charge on any atom is 0.0704 e. The predicted octanol–water partition coefficient (Wildman–Crippen LogP) is 3.44. The molecule has 21 heavy (non-hydrogen) atoms. The largest absolute Gasteiger partial charge is 0.311 e. The summed E-state index contributed by atoms with van der Waals surface area (Å²) < 4.78 is 0. The molecule has 0 radical (unpaired) electrons. The highest BCUT2D eigenvalue weighted by molar-refractivity contribution is 5.81. The molecule has 0 spiro atoms. The number of benzene rings is 1. The second-order valence-corrected chi connectivity index (χ2v) is 5.29. The third-order valence-corrected chi connectivity index (χ3v) is 3.81. The molecular formula is C18H19N3. The van der Waals surface area contributed by atoms with E-state index in [0.717, 1.165) is 17.6 Å². The van der Waals surface area contributed by atoms with Crippen LogP contribution < -0.4 is 5.32 Å². The summed E-state index contributed by atoms with van der Waals surface area (Å²) in [6.07, 6.45) is 4.66. The lowest BCUT2D eigenvalue weighted by Crippen LogP contribution is -2.20. The van der Waals surface area contributed by atoms with Crippen molar-refractivity contribution in [3.63, 3.8) is 0 Å². The molecule has 0 bridgehead atoms. The van der Waals surface area contributed by atoms with E-state index in [1.807, 2.05) is 31.6 Å². The van der Waals surface area contributed by atoms with Gasteiger partial charge in [0.1, 0.15) is 0 Å². The van der Waals surface area contributed by atoms with E-state index in [1.54, 1.807) is 0 Å². The number of hydrogen-bond donors (Lipinski definition) is 1. The van der Waals surface area contributed by atoms with E-state index in [9.17, 15) is 0 Å². The van der Waals surface area contributed by atoms with Crippen LogP contribution in [0.5, 0.6) is 0 Å². The molecule has 1 unspecified atom stereocenters. The summed E-state index contributed by atoms with van der Waals surface area (Å²) in [4.78, 5) is 8.93. The van der Waals surface area contributed by atoms with Crippen LogP contribution in [0.2, 0.25) is 0 Å². The van der Waals surface area contributed by atoms with E-state index in [1.165, 1.54) is 16.5 Å². The minimum Gasteiger partial charge on any atom is -0.311 e. The number of aromatic nitrogens is 2. The Morgan fingerprint density at radius 2 is 1.86 bits per heavy atom. The van der Waals surface area contributed by atoms with Gasteiger partial charge in [-0.2, -0.15) is 0 Å². The molecule has 3 rings (SSSR count). The molecule has 0 aliphatic rings. The summed E-state index contributed by atoms with van der Waals surface area (Å²) in [5.74, 6) is 0. The highest BCUT2D eigenvalue weighted by atomic mass is 14.9. The van der Waals surface area contributed by atoms with Gasteiger partial charge in [-0.3, -0.25) is 9.97 Å². The van der Waals surface area contributed by atoms with Gasteiger partial charge in [-0.15, -0.1) is 0 Å². The summed E-state index contributed by atoms with van der Waals surface area (Å²) in [5, 5.41) is 4.59. The zero-order chi connectivity index (χ0) is 14.7. The fourth-order valence-electron chi connectivity index (χ4n) is 2.66. The quantitative estimate of drug-likeness (QED) is 0.794. The first-order chi connectivity index (χ1) is 10.3. The van der Waals surface area contributed by atoms with Crippen molar-refractivity contribution in [3.8, 4) is 0 Å². The zero-order valence-electron chi connectivity index (χ0n) is 12.4. The van der Waals surface area contributed by atoms with E-state index in [0.29, 0.717) is 0 Å². The summed E-state index contributed by atoms with van der Waals surface area (Å²) in [6, 6.07) is 14.7. The normalized spacial score (nSPS) is 12.5. The van der Waals surface area contributed by atoms with Crippen LogP contribution in [0.15, 0.2) is 54.9 Å². The molecule has 1 atom stereocenters. The monoisotopic (exact) mass is 277 g/mol. The SMILES string of the molecule is CNC(Cc1ccnc2ccccc12)c1cc(C)ccn1. The van der Waals surface area contributed by atoms with Gasteiger partial charge in [0.25, 0.3) is 0 Å². The number of para-hydroxylation sites is 1. The Morgan fingerprint density at radius 1 is 1.05 bits per heavy atom. The summed E-state index contributed by atoms with van der Waals surface area (Å²) in [7, 11) is 1.98. The molecule has 2 aromatic heterocycles. The number of rotatable bonds is 4. The fourth-order valence-corrected chi connectivity index (χ4v) is 2.66. The first-order valence-electron chi connectivity index (χ1n) is 7.20. The topological polar surface area (TPSA) is 37.8 Å². The molecule has 3 heteroatoms.